The zero-order chi connectivity index (χ0) is 12.8. The van der Waals surface area contributed by atoms with Crippen LogP contribution >= 0.6 is 0 Å². The van der Waals surface area contributed by atoms with Crippen molar-refractivity contribution in [1.82, 2.24) is 15.1 Å². The maximum absolute atomic E-state index is 5.86. The second-order valence-corrected chi connectivity index (χ2v) is 4.91. The standard InChI is InChI=1S/C14H25N3O/c1-3-15-13(11-12-7-5-6-10-18-12)14-8-9-16-17(14)4-2/h8-9,12-13,15H,3-7,10-11H2,1-2H3. The summed E-state index contributed by atoms with van der Waals surface area (Å²) in [4.78, 5) is 0. The van der Waals surface area contributed by atoms with Gasteiger partial charge in [0.15, 0.2) is 0 Å². The predicted octanol–water partition coefficient (Wildman–Crippen LogP) is 2.51. The molecular weight excluding hydrogens is 226 g/mol. The van der Waals surface area contributed by atoms with Gasteiger partial charge in [0, 0.05) is 19.3 Å². The van der Waals surface area contributed by atoms with E-state index in [1.807, 2.05) is 6.20 Å². The predicted molar refractivity (Wildman–Crippen MR) is 72.5 cm³/mol. The molecule has 2 atom stereocenters. The Labute approximate surface area is 110 Å². The number of hydrogen-bond donors (Lipinski definition) is 1. The first-order chi connectivity index (χ1) is 8.85. The molecule has 102 valence electrons. The molecule has 1 saturated heterocycles. The smallest absolute Gasteiger partial charge is 0.0593 e. The fourth-order valence-electron chi connectivity index (χ4n) is 2.71. The van der Waals surface area contributed by atoms with Crippen LogP contribution in [0.3, 0.4) is 0 Å². The first-order valence-electron chi connectivity index (χ1n) is 7.21. The van der Waals surface area contributed by atoms with E-state index >= 15 is 0 Å². The van der Waals surface area contributed by atoms with Gasteiger partial charge in [-0.05, 0) is 45.2 Å². The molecule has 1 aromatic rings. The van der Waals surface area contributed by atoms with Gasteiger partial charge in [-0.25, -0.2) is 0 Å². The lowest BCUT2D eigenvalue weighted by molar-refractivity contribution is 0.00463. The Morgan fingerprint density at radius 2 is 2.39 bits per heavy atom. The quantitative estimate of drug-likeness (QED) is 0.844. The summed E-state index contributed by atoms with van der Waals surface area (Å²) in [5.41, 5.74) is 1.29. The van der Waals surface area contributed by atoms with Gasteiger partial charge in [0.1, 0.15) is 0 Å². The van der Waals surface area contributed by atoms with Crippen LogP contribution in [0.5, 0.6) is 0 Å². The van der Waals surface area contributed by atoms with E-state index in [1.54, 1.807) is 0 Å². The Hall–Kier alpha value is -0.870. The van der Waals surface area contributed by atoms with Gasteiger partial charge in [-0.3, -0.25) is 4.68 Å². The van der Waals surface area contributed by atoms with Crippen LogP contribution < -0.4 is 5.32 Å². The number of aromatic nitrogens is 2. The van der Waals surface area contributed by atoms with E-state index in [4.69, 9.17) is 4.74 Å². The topological polar surface area (TPSA) is 39.1 Å². The molecule has 0 bridgehead atoms. The monoisotopic (exact) mass is 251 g/mol. The molecule has 2 unspecified atom stereocenters. The van der Waals surface area contributed by atoms with Gasteiger partial charge in [-0.2, -0.15) is 5.10 Å². The van der Waals surface area contributed by atoms with Crippen LogP contribution in [-0.2, 0) is 11.3 Å². The molecule has 4 nitrogen and oxygen atoms in total. The summed E-state index contributed by atoms with van der Waals surface area (Å²) in [7, 11) is 0. The molecule has 1 aromatic heterocycles. The van der Waals surface area contributed by atoms with Crippen molar-refractivity contribution in [3.05, 3.63) is 18.0 Å². The number of hydrogen-bond acceptors (Lipinski definition) is 3. The third-order valence-corrected chi connectivity index (χ3v) is 3.63. The third-order valence-electron chi connectivity index (χ3n) is 3.63. The van der Waals surface area contributed by atoms with E-state index in [-0.39, 0.29) is 0 Å². The molecule has 2 heterocycles. The average Bonchev–Trinajstić information content (AvgIpc) is 2.87. The zero-order valence-electron chi connectivity index (χ0n) is 11.6. The first-order valence-corrected chi connectivity index (χ1v) is 7.21. The molecule has 0 spiro atoms. The molecule has 2 rings (SSSR count). The normalized spacial score (nSPS) is 22.0. The molecule has 0 aliphatic carbocycles. The van der Waals surface area contributed by atoms with Crippen molar-refractivity contribution in [1.29, 1.82) is 0 Å². The minimum atomic E-state index is 0.362. The number of ether oxygens (including phenoxy) is 1. The summed E-state index contributed by atoms with van der Waals surface area (Å²) in [5, 5.41) is 7.93. The van der Waals surface area contributed by atoms with Gasteiger partial charge in [-0.1, -0.05) is 6.92 Å². The molecule has 0 radical (unpaired) electrons. The van der Waals surface area contributed by atoms with Crippen LogP contribution in [0.15, 0.2) is 12.3 Å². The number of rotatable bonds is 6. The summed E-state index contributed by atoms with van der Waals surface area (Å²) in [6.45, 7) is 7.12. The average molecular weight is 251 g/mol. The molecule has 4 heteroatoms. The zero-order valence-corrected chi connectivity index (χ0v) is 11.6. The van der Waals surface area contributed by atoms with Crippen LogP contribution in [0.4, 0.5) is 0 Å². The van der Waals surface area contributed by atoms with E-state index in [1.165, 1.54) is 25.0 Å². The fourth-order valence-corrected chi connectivity index (χ4v) is 2.71. The maximum atomic E-state index is 5.86. The highest BCUT2D eigenvalue weighted by Crippen LogP contribution is 2.24. The van der Waals surface area contributed by atoms with Gasteiger partial charge in [0.2, 0.25) is 0 Å². The number of nitrogens with one attached hydrogen (secondary N) is 1. The van der Waals surface area contributed by atoms with Gasteiger partial charge in [-0.15, -0.1) is 0 Å². The molecule has 0 amide bonds. The lowest BCUT2D eigenvalue weighted by atomic mass is 9.99. The summed E-state index contributed by atoms with van der Waals surface area (Å²) in [6.07, 6.45) is 7.07. The Balaban J connectivity index is 2.02. The van der Waals surface area contributed by atoms with Crippen LogP contribution in [0.1, 0.15) is 51.3 Å². The largest absolute Gasteiger partial charge is 0.378 e. The molecule has 1 aliphatic heterocycles. The summed E-state index contributed by atoms with van der Waals surface area (Å²) < 4.78 is 7.94. The minimum absolute atomic E-state index is 0.362. The first kappa shape index (κ1) is 13.6. The van der Waals surface area contributed by atoms with Crippen molar-refractivity contribution in [3.63, 3.8) is 0 Å². The van der Waals surface area contributed by atoms with Gasteiger partial charge in [0.05, 0.1) is 17.8 Å². The fraction of sp³-hybridized carbons (Fsp3) is 0.786. The number of nitrogens with zero attached hydrogens (tertiary/aromatic N) is 2. The molecule has 0 aromatic carbocycles. The lowest BCUT2D eigenvalue weighted by Crippen LogP contribution is -2.30. The lowest BCUT2D eigenvalue weighted by Gasteiger charge is -2.27. The molecule has 1 N–H and O–H groups in total. The molecular formula is C14H25N3O. The van der Waals surface area contributed by atoms with Crippen molar-refractivity contribution in [3.8, 4) is 0 Å². The van der Waals surface area contributed by atoms with Gasteiger partial charge >= 0.3 is 0 Å². The van der Waals surface area contributed by atoms with E-state index in [0.717, 1.165) is 26.1 Å². The van der Waals surface area contributed by atoms with Crippen molar-refractivity contribution in [2.24, 2.45) is 0 Å². The van der Waals surface area contributed by atoms with Crippen LogP contribution in [0.25, 0.3) is 0 Å². The van der Waals surface area contributed by atoms with Crippen LogP contribution in [-0.4, -0.2) is 29.0 Å². The number of aryl methyl sites for hydroxylation is 1. The van der Waals surface area contributed by atoms with Crippen molar-refractivity contribution < 1.29 is 4.74 Å². The summed E-state index contributed by atoms with van der Waals surface area (Å²) >= 11 is 0. The van der Waals surface area contributed by atoms with Gasteiger partial charge < -0.3 is 10.1 Å². The second-order valence-electron chi connectivity index (χ2n) is 4.91. The highest BCUT2D eigenvalue weighted by molar-refractivity contribution is 5.07. The SMILES string of the molecule is CCNC(CC1CCCCO1)c1ccnn1CC. The van der Waals surface area contributed by atoms with Gasteiger partial charge in [0.25, 0.3) is 0 Å². The van der Waals surface area contributed by atoms with E-state index < -0.39 is 0 Å². The van der Waals surface area contributed by atoms with Crippen molar-refractivity contribution in [2.75, 3.05) is 13.2 Å². The third kappa shape index (κ3) is 3.33. The molecule has 0 saturated carbocycles. The van der Waals surface area contributed by atoms with Crippen LogP contribution in [0, 0.1) is 0 Å². The Bertz CT molecular complexity index is 345. The second kappa shape index (κ2) is 6.90. The van der Waals surface area contributed by atoms with E-state index in [2.05, 4.69) is 35.0 Å². The Kier molecular flexibility index (Phi) is 5.20. The van der Waals surface area contributed by atoms with Crippen molar-refractivity contribution >= 4 is 0 Å². The Morgan fingerprint density at radius 1 is 1.50 bits per heavy atom. The minimum Gasteiger partial charge on any atom is -0.378 e. The Morgan fingerprint density at radius 3 is 3.06 bits per heavy atom. The van der Waals surface area contributed by atoms with E-state index in [0.29, 0.717) is 12.1 Å². The summed E-state index contributed by atoms with van der Waals surface area (Å²) in [5.74, 6) is 0. The molecule has 1 fully saturated rings. The molecule has 18 heavy (non-hydrogen) atoms. The van der Waals surface area contributed by atoms with E-state index in [9.17, 15) is 0 Å². The highest BCUT2D eigenvalue weighted by Gasteiger charge is 2.22. The van der Waals surface area contributed by atoms with Crippen molar-refractivity contribution in [2.45, 2.75) is 58.2 Å². The maximum Gasteiger partial charge on any atom is 0.0593 e. The highest BCUT2D eigenvalue weighted by atomic mass is 16.5. The molecule has 1 aliphatic rings. The van der Waals surface area contributed by atoms with Crippen LogP contribution in [0.2, 0.25) is 0 Å². The summed E-state index contributed by atoms with van der Waals surface area (Å²) in [6, 6.07) is 2.49.